The largest absolute Gasteiger partial charge is 0.480 e. The van der Waals surface area contributed by atoms with Gasteiger partial charge in [-0.25, -0.2) is 4.39 Å². The summed E-state index contributed by atoms with van der Waals surface area (Å²) < 4.78 is 18.1. The van der Waals surface area contributed by atoms with Crippen LogP contribution in [0.3, 0.4) is 0 Å². The molecule has 0 saturated carbocycles. The number of primary amides is 1. The zero-order valence-electron chi connectivity index (χ0n) is 7.09. The SMILES string of the molecule is NC(=O)COc1c(N)cc(F)cc1Br. The summed E-state index contributed by atoms with van der Waals surface area (Å²) >= 11 is 3.05. The molecule has 0 radical (unpaired) electrons. The Balaban J connectivity index is 2.91. The zero-order chi connectivity index (χ0) is 10.7. The second-order valence-corrected chi connectivity index (χ2v) is 3.42. The average Bonchev–Trinajstić information content (AvgIpc) is 2.01. The number of nitrogen functional groups attached to an aromatic ring is 1. The van der Waals surface area contributed by atoms with Crippen LogP contribution >= 0.6 is 15.9 Å². The molecule has 0 fully saturated rings. The van der Waals surface area contributed by atoms with E-state index in [1.807, 2.05) is 0 Å². The number of carbonyl (C=O) groups is 1. The summed E-state index contributed by atoms with van der Waals surface area (Å²) in [5.74, 6) is -0.897. The van der Waals surface area contributed by atoms with E-state index in [0.717, 1.165) is 6.07 Å². The van der Waals surface area contributed by atoms with Crippen LogP contribution in [0.2, 0.25) is 0 Å². The topological polar surface area (TPSA) is 78.3 Å². The monoisotopic (exact) mass is 262 g/mol. The summed E-state index contributed by atoms with van der Waals surface area (Å²) in [6.07, 6.45) is 0. The molecule has 0 heterocycles. The molecule has 4 nitrogen and oxygen atoms in total. The molecule has 0 bridgehead atoms. The van der Waals surface area contributed by atoms with Gasteiger partial charge in [0.1, 0.15) is 5.82 Å². The Bertz CT molecular complexity index is 347. The Morgan fingerprint density at radius 1 is 1.57 bits per heavy atom. The van der Waals surface area contributed by atoms with Crippen molar-refractivity contribution in [3.8, 4) is 5.75 Å². The second-order valence-electron chi connectivity index (χ2n) is 2.56. The van der Waals surface area contributed by atoms with Crippen molar-refractivity contribution in [3.05, 3.63) is 22.4 Å². The lowest BCUT2D eigenvalue weighted by atomic mass is 10.3. The van der Waals surface area contributed by atoms with E-state index in [2.05, 4.69) is 15.9 Å². The van der Waals surface area contributed by atoms with Crippen molar-refractivity contribution in [3.63, 3.8) is 0 Å². The molecule has 0 atom stereocenters. The molecule has 1 aromatic carbocycles. The van der Waals surface area contributed by atoms with Crippen LogP contribution in [0, 0.1) is 5.82 Å². The van der Waals surface area contributed by atoms with Crippen LogP contribution in [-0.2, 0) is 4.79 Å². The molecular weight excluding hydrogens is 255 g/mol. The Morgan fingerprint density at radius 3 is 2.71 bits per heavy atom. The minimum atomic E-state index is -0.624. The predicted molar refractivity (Wildman–Crippen MR) is 53.2 cm³/mol. The fourth-order valence-electron chi connectivity index (χ4n) is 0.876. The van der Waals surface area contributed by atoms with Gasteiger partial charge in [0.05, 0.1) is 10.2 Å². The molecule has 14 heavy (non-hydrogen) atoms. The smallest absolute Gasteiger partial charge is 0.255 e. The molecule has 0 aliphatic heterocycles. The van der Waals surface area contributed by atoms with Crippen molar-refractivity contribution < 1.29 is 13.9 Å². The van der Waals surface area contributed by atoms with Crippen LogP contribution in [0.4, 0.5) is 10.1 Å². The molecule has 4 N–H and O–H groups in total. The fourth-order valence-corrected chi connectivity index (χ4v) is 1.44. The maximum atomic E-state index is 12.8. The van der Waals surface area contributed by atoms with E-state index in [-0.39, 0.29) is 18.0 Å². The van der Waals surface area contributed by atoms with E-state index >= 15 is 0 Å². The van der Waals surface area contributed by atoms with E-state index in [1.54, 1.807) is 0 Å². The first kappa shape index (κ1) is 10.8. The molecule has 6 heteroatoms. The van der Waals surface area contributed by atoms with Crippen LogP contribution in [0.1, 0.15) is 0 Å². The normalized spacial score (nSPS) is 9.86. The number of nitrogens with two attached hydrogens (primary N) is 2. The van der Waals surface area contributed by atoms with Gasteiger partial charge in [0.25, 0.3) is 5.91 Å². The minimum absolute atomic E-state index is 0.109. The van der Waals surface area contributed by atoms with Crippen molar-refractivity contribution in [2.45, 2.75) is 0 Å². The third-order valence-electron chi connectivity index (χ3n) is 1.40. The molecule has 0 saturated heterocycles. The molecule has 0 aliphatic rings. The maximum absolute atomic E-state index is 12.8. The van der Waals surface area contributed by atoms with Crippen LogP contribution in [0.25, 0.3) is 0 Å². The Labute approximate surface area is 88.1 Å². The molecule has 0 aliphatic carbocycles. The van der Waals surface area contributed by atoms with Gasteiger partial charge in [0.15, 0.2) is 12.4 Å². The molecular formula is C8H8BrFN2O2. The predicted octanol–water partition coefficient (Wildman–Crippen LogP) is 1.03. The van der Waals surface area contributed by atoms with Gasteiger partial charge in [-0.3, -0.25) is 4.79 Å². The highest BCUT2D eigenvalue weighted by Gasteiger charge is 2.09. The van der Waals surface area contributed by atoms with Crippen LogP contribution in [-0.4, -0.2) is 12.5 Å². The Hall–Kier alpha value is -1.30. The molecule has 0 spiro atoms. The number of halogens is 2. The van der Waals surface area contributed by atoms with Crippen molar-refractivity contribution >= 4 is 27.5 Å². The highest BCUT2D eigenvalue weighted by molar-refractivity contribution is 9.10. The lowest BCUT2D eigenvalue weighted by molar-refractivity contribution is -0.119. The Morgan fingerprint density at radius 2 is 2.21 bits per heavy atom. The molecule has 0 aromatic heterocycles. The first-order chi connectivity index (χ1) is 6.50. The number of ether oxygens (including phenoxy) is 1. The van der Waals surface area contributed by atoms with Gasteiger partial charge in [-0.2, -0.15) is 0 Å². The van der Waals surface area contributed by atoms with Gasteiger partial charge in [-0.1, -0.05) is 0 Å². The molecule has 76 valence electrons. The van der Waals surface area contributed by atoms with Crippen molar-refractivity contribution in [2.75, 3.05) is 12.3 Å². The lowest BCUT2D eigenvalue weighted by Crippen LogP contribution is -2.20. The van der Waals surface area contributed by atoms with Crippen molar-refractivity contribution in [2.24, 2.45) is 5.73 Å². The summed E-state index contributed by atoms with van der Waals surface area (Å²) in [7, 11) is 0. The number of benzene rings is 1. The minimum Gasteiger partial charge on any atom is -0.480 e. The van der Waals surface area contributed by atoms with Crippen molar-refractivity contribution in [1.29, 1.82) is 0 Å². The van der Waals surface area contributed by atoms with Gasteiger partial charge in [0.2, 0.25) is 0 Å². The highest BCUT2D eigenvalue weighted by atomic mass is 79.9. The van der Waals surface area contributed by atoms with Crippen LogP contribution in [0.15, 0.2) is 16.6 Å². The first-order valence-electron chi connectivity index (χ1n) is 3.66. The standard InChI is InChI=1S/C8H8BrFN2O2/c9-5-1-4(10)2-6(11)8(5)14-3-7(12)13/h1-2H,3,11H2,(H2,12,13). The molecule has 1 amide bonds. The quantitative estimate of drug-likeness (QED) is 0.799. The molecule has 1 rings (SSSR count). The third-order valence-corrected chi connectivity index (χ3v) is 1.98. The number of carbonyl (C=O) groups excluding carboxylic acids is 1. The van der Waals surface area contributed by atoms with Gasteiger partial charge >= 0.3 is 0 Å². The van der Waals surface area contributed by atoms with Crippen molar-refractivity contribution in [1.82, 2.24) is 0 Å². The van der Waals surface area contributed by atoms with E-state index < -0.39 is 11.7 Å². The van der Waals surface area contributed by atoms with Crippen LogP contribution < -0.4 is 16.2 Å². The van der Waals surface area contributed by atoms with Gasteiger partial charge < -0.3 is 16.2 Å². The Kier molecular flexibility index (Phi) is 3.29. The third kappa shape index (κ3) is 2.59. The number of anilines is 1. The number of hydrogen-bond acceptors (Lipinski definition) is 3. The van der Waals surface area contributed by atoms with Gasteiger partial charge in [0, 0.05) is 6.07 Å². The zero-order valence-corrected chi connectivity index (χ0v) is 8.67. The fraction of sp³-hybridized carbons (Fsp3) is 0.125. The van der Waals surface area contributed by atoms with E-state index in [9.17, 15) is 9.18 Å². The average molecular weight is 263 g/mol. The van der Waals surface area contributed by atoms with Crippen LogP contribution in [0.5, 0.6) is 5.75 Å². The maximum Gasteiger partial charge on any atom is 0.255 e. The first-order valence-corrected chi connectivity index (χ1v) is 4.45. The molecule has 0 unspecified atom stereocenters. The lowest BCUT2D eigenvalue weighted by Gasteiger charge is -2.08. The summed E-state index contributed by atoms with van der Waals surface area (Å²) in [5, 5.41) is 0. The number of rotatable bonds is 3. The van der Waals surface area contributed by atoms with E-state index in [4.69, 9.17) is 16.2 Å². The number of hydrogen-bond donors (Lipinski definition) is 2. The summed E-state index contributed by atoms with van der Waals surface area (Å²) in [4.78, 5) is 10.4. The summed E-state index contributed by atoms with van der Waals surface area (Å²) in [6, 6.07) is 2.29. The molecule has 1 aromatic rings. The van der Waals surface area contributed by atoms with Gasteiger partial charge in [-0.15, -0.1) is 0 Å². The number of amides is 1. The van der Waals surface area contributed by atoms with E-state index in [0.29, 0.717) is 4.47 Å². The summed E-state index contributed by atoms with van der Waals surface area (Å²) in [6.45, 7) is -0.297. The second kappa shape index (κ2) is 4.28. The van der Waals surface area contributed by atoms with Gasteiger partial charge in [-0.05, 0) is 22.0 Å². The highest BCUT2D eigenvalue weighted by Crippen LogP contribution is 2.32. The van der Waals surface area contributed by atoms with E-state index in [1.165, 1.54) is 6.07 Å². The summed E-state index contributed by atoms with van der Waals surface area (Å²) in [5.41, 5.74) is 10.4.